The fraction of sp³-hybridized carbons (Fsp3) is 0.158. The van der Waals surface area contributed by atoms with E-state index >= 15 is 0 Å². The van der Waals surface area contributed by atoms with Crippen molar-refractivity contribution in [2.75, 3.05) is 11.3 Å². The van der Waals surface area contributed by atoms with E-state index in [0.29, 0.717) is 12.1 Å². The summed E-state index contributed by atoms with van der Waals surface area (Å²) >= 11 is 0. The fourth-order valence-electron chi connectivity index (χ4n) is 2.28. The highest BCUT2D eigenvalue weighted by atomic mass is 32.2. The Morgan fingerprint density at radius 2 is 1.79 bits per heavy atom. The molecule has 2 rings (SSSR count). The minimum absolute atomic E-state index is 0.0110. The summed E-state index contributed by atoms with van der Waals surface area (Å²) in [6.07, 6.45) is -4.58. The number of rotatable bonds is 7. The summed E-state index contributed by atoms with van der Waals surface area (Å²) in [4.78, 5) is 12.2. The van der Waals surface area contributed by atoms with Gasteiger partial charge in [-0.3, -0.25) is 9.52 Å². The second-order valence-electron chi connectivity index (χ2n) is 5.90. The molecule has 0 saturated carbocycles. The molecule has 2 aromatic rings. The molecule has 29 heavy (non-hydrogen) atoms. The maximum absolute atomic E-state index is 13.1. The maximum atomic E-state index is 13.1. The van der Waals surface area contributed by atoms with Crippen LogP contribution in [0, 0.1) is 11.3 Å². The van der Waals surface area contributed by atoms with E-state index in [1.54, 1.807) is 12.1 Å². The van der Waals surface area contributed by atoms with Gasteiger partial charge in [-0.25, -0.2) is 8.42 Å². The lowest BCUT2D eigenvalue weighted by Gasteiger charge is -2.15. The summed E-state index contributed by atoms with van der Waals surface area (Å²) in [5.74, 6) is -0.796. The van der Waals surface area contributed by atoms with Crippen LogP contribution in [0.25, 0.3) is 0 Å². The Hall–Kier alpha value is -3.32. The number of carbonyl (C=O) groups excluding carboxylic acids is 1. The molecule has 152 valence electrons. The number of hydrogen-bond acceptors (Lipinski definition) is 4. The van der Waals surface area contributed by atoms with Crippen LogP contribution >= 0.6 is 0 Å². The van der Waals surface area contributed by atoms with Gasteiger partial charge in [0.05, 0.1) is 27.8 Å². The molecule has 1 amide bonds. The van der Waals surface area contributed by atoms with Crippen LogP contribution in [0.1, 0.15) is 22.3 Å². The predicted octanol–water partition coefficient (Wildman–Crippen LogP) is 3.71. The van der Waals surface area contributed by atoms with Gasteiger partial charge in [0, 0.05) is 12.1 Å². The summed E-state index contributed by atoms with van der Waals surface area (Å²) in [6.45, 7) is 3.46. The Kier molecular flexibility index (Phi) is 6.66. The summed E-state index contributed by atoms with van der Waals surface area (Å²) in [5.41, 5.74) is -1.71. The van der Waals surface area contributed by atoms with E-state index in [9.17, 15) is 26.4 Å². The van der Waals surface area contributed by atoms with E-state index in [0.717, 1.165) is 6.07 Å². The first-order valence-electron chi connectivity index (χ1n) is 8.20. The Balaban J connectivity index is 2.38. The molecule has 0 fully saturated rings. The van der Waals surface area contributed by atoms with Gasteiger partial charge >= 0.3 is 6.18 Å². The lowest BCUT2D eigenvalue weighted by molar-refractivity contribution is -0.137. The van der Waals surface area contributed by atoms with Crippen molar-refractivity contribution >= 4 is 21.6 Å². The Morgan fingerprint density at radius 1 is 1.14 bits per heavy atom. The maximum Gasteiger partial charge on any atom is 0.416 e. The lowest BCUT2D eigenvalue weighted by atomic mass is 10.1. The first-order chi connectivity index (χ1) is 13.5. The first-order valence-corrected chi connectivity index (χ1v) is 9.68. The molecule has 0 bridgehead atoms. The standard InChI is InChI=1S/C19H16F3N3O3S/c1-13(12-23)9-10-24-18(26)16-8-7-14(19(20,21)22)11-17(16)25-29(27,28)15-5-3-2-4-6-15/h2-8,11,25H,1,9-10H2,(H,24,26). The van der Waals surface area contributed by atoms with Crippen LogP contribution in [0.15, 0.2) is 65.6 Å². The summed E-state index contributed by atoms with van der Waals surface area (Å²) < 4.78 is 66.3. The molecule has 10 heteroatoms. The van der Waals surface area contributed by atoms with Crippen molar-refractivity contribution in [2.24, 2.45) is 0 Å². The van der Waals surface area contributed by atoms with Gasteiger partial charge in [0.1, 0.15) is 0 Å². The van der Waals surface area contributed by atoms with Gasteiger partial charge in [0.15, 0.2) is 0 Å². The molecule has 0 spiro atoms. The minimum atomic E-state index is -4.73. The quantitative estimate of drug-likeness (QED) is 0.664. The van der Waals surface area contributed by atoms with Crippen LogP contribution in [0.5, 0.6) is 0 Å². The molecular formula is C19H16F3N3O3S. The number of halogens is 3. The van der Waals surface area contributed by atoms with E-state index in [4.69, 9.17) is 5.26 Å². The minimum Gasteiger partial charge on any atom is -0.352 e. The average Bonchev–Trinajstić information content (AvgIpc) is 2.67. The SMILES string of the molecule is C=C(C#N)CCNC(=O)c1ccc(C(F)(F)F)cc1NS(=O)(=O)c1ccccc1. The fourth-order valence-corrected chi connectivity index (χ4v) is 3.38. The molecule has 0 unspecified atom stereocenters. The number of nitriles is 1. The largest absolute Gasteiger partial charge is 0.416 e. The van der Waals surface area contributed by atoms with Gasteiger partial charge in [-0.15, -0.1) is 0 Å². The number of amides is 1. The number of carbonyl (C=O) groups is 1. The van der Waals surface area contributed by atoms with Crippen molar-refractivity contribution in [2.45, 2.75) is 17.5 Å². The highest BCUT2D eigenvalue weighted by Gasteiger charge is 2.32. The van der Waals surface area contributed by atoms with E-state index in [2.05, 4.69) is 11.9 Å². The van der Waals surface area contributed by atoms with E-state index in [1.165, 1.54) is 24.3 Å². The second-order valence-corrected chi connectivity index (χ2v) is 7.58. The van der Waals surface area contributed by atoms with Crippen LogP contribution in [0.4, 0.5) is 18.9 Å². The van der Waals surface area contributed by atoms with Gasteiger partial charge in [0.2, 0.25) is 0 Å². The Morgan fingerprint density at radius 3 is 2.38 bits per heavy atom. The molecule has 0 aliphatic rings. The third-order valence-electron chi connectivity index (χ3n) is 3.76. The molecule has 6 nitrogen and oxygen atoms in total. The third-order valence-corrected chi connectivity index (χ3v) is 5.14. The molecular weight excluding hydrogens is 407 g/mol. The zero-order valence-electron chi connectivity index (χ0n) is 15.0. The number of nitrogens with one attached hydrogen (secondary N) is 2. The smallest absolute Gasteiger partial charge is 0.352 e. The first kappa shape index (κ1) is 22.0. The Labute approximate surface area is 165 Å². The van der Waals surface area contributed by atoms with E-state index in [-0.39, 0.29) is 29.0 Å². The second kappa shape index (κ2) is 8.79. The molecule has 0 aliphatic heterocycles. The highest BCUT2D eigenvalue weighted by molar-refractivity contribution is 7.92. The van der Waals surface area contributed by atoms with E-state index < -0.39 is 33.4 Å². The number of nitrogens with zero attached hydrogens (tertiary/aromatic N) is 1. The zero-order valence-corrected chi connectivity index (χ0v) is 15.8. The lowest BCUT2D eigenvalue weighted by Crippen LogP contribution is -2.26. The number of hydrogen-bond donors (Lipinski definition) is 2. The van der Waals surface area contributed by atoms with Crippen molar-refractivity contribution in [3.05, 3.63) is 71.8 Å². The average molecular weight is 423 g/mol. The molecule has 0 aliphatic carbocycles. The van der Waals surface area contributed by atoms with Gasteiger partial charge < -0.3 is 5.32 Å². The van der Waals surface area contributed by atoms with Crippen molar-refractivity contribution < 1.29 is 26.4 Å². The third kappa shape index (κ3) is 5.83. The molecule has 0 heterocycles. The van der Waals surface area contributed by atoms with Crippen molar-refractivity contribution in [1.29, 1.82) is 5.26 Å². The summed E-state index contributed by atoms with van der Waals surface area (Å²) in [7, 11) is -4.22. The van der Waals surface area contributed by atoms with Crippen molar-refractivity contribution in [3.8, 4) is 6.07 Å². The molecule has 0 atom stereocenters. The van der Waals surface area contributed by atoms with Crippen LogP contribution < -0.4 is 10.0 Å². The molecule has 0 saturated heterocycles. The van der Waals surface area contributed by atoms with Crippen LogP contribution in [-0.4, -0.2) is 20.9 Å². The summed E-state index contributed by atoms with van der Waals surface area (Å²) in [6, 6.07) is 11.0. The van der Waals surface area contributed by atoms with Crippen molar-refractivity contribution in [3.63, 3.8) is 0 Å². The summed E-state index contributed by atoms with van der Waals surface area (Å²) in [5, 5.41) is 11.1. The topological polar surface area (TPSA) is 99.1 Å². The molecule has 2 N–H and O–H groups in total. The van der Waals surface area contributed by atoms with E-state index in [1.807, 2.05) is 4.72 Å². The monoisotopic (exact) mass is 423 g/mol. The molecule has 2 aromatic carbocycles. The number of sulfonamides is 1. The number of alkyl halides is 3. The van der Waals surface area contributed by atoms with Gasteiger partial charge in [0.25, 0.3) is 15.9 Å². The molecule has 0 radical (unpaired) electrons. The van der Waals surface area contributed by atoms with Crippen LogP contribution in [0.2, 0.25) is 0 Å². The number of anilines is 1. The van der Waals surface area contributed by atoms with Gasteiger partial charge in [-0.2, -0.15) is 18.4 Å². The van der Waals surface area contributed by atoms with Crippen molar-refractivity contribution in [1.82, 2.24) is 5.32 Å². The number of benzene rings is 2. The highest BCUT2D eigenvalue weighted by Crippen LogP contribution is 2.33. The Bertz CT molecular complexity index is 1060. The predicted molar refractivity (Wildman–Crippen MR) is 100 cm³/mol. The van der Waals surface area contributed by atoms with Gasteiger partial charge in [-0.05, 0) is 36.8 Å². The zero-order chi connectivity index (χ0) is 21.7. The van der Waals surface area contributed by atoms with Crippen LogP contribution in [0.3, 0.4) is 0 Å². The normalized spacial score (nSPS) is 11.4. The van der Waals surface area contributed by atoms with Gasteiger partial charge in [-0.1, -0.05) is 24.8 Å². The van der Waals surface area contributed by atoms with Crippen LogP contribution in [-0.2, 0) is 16.2 Å². The molecule has 0 aromatic heterocycles.